The van der Waals surface area contributed by atoms with Gasteiger partial charge in [0.2, 0.25) is 11.8 Å². The van der Waals surface area contributed by atoms with Gasteiger partial charge in [-0.15, -0.1) is 0 Å². The number of carbonyl (C=O) groups excluding carboxylic acids is 4. The molecule has 0 rings (SSSR count). The molecule has 0 bridgehead atoms. The SMILES string of the molecule is CCCCCCCCC(CCCCCC)C(=O)OCCCCCCCCNC(=O)[C@H](CCN=C(N)N)NC(=O)CCCCCOC(=O)C(CCCCCC)CCCCCCCC. The van der Waals surface area contributed by atoms with Crippen molar-refractivity contribution in [1.29, 1.82) is 0 Å². The maximum absolute atomic E-state index is 13.1. The standard InChI is InChI=1S/C51H99N5O6/c1-5-9-13-17-21-28-36-44(34-26-15-11-7-3)49(59)61-42-32-24-20-19-23-31-40-54-48(58)46(39-41-55-51(52)53)56-47(57)38-30-25-33-43-62-50(60)45(35-27-16-12-8-4)37-29-22-18-14-10-6-2/h44-46H,5-43H2,1-4H3,(H,54,58)(H,56,57)(H4,52,53,55)/t44?,45?,46-/m0/s1. The van der Waals surface area contributed by atoms with Crippen molar-refractivity contribution in [3.8, 4) is 0 Å². The molecule has 0 radical (unpaired) electrons. The van der Waals surface area contributed by atoms with E-state index in [0.29, 0.717) is 39.0 Å². The summed E-state index contributed by atoms with van der Waals surface area (Å²) in [7, 11) is 0. The number of nitrogens with zero attached hydrogens (tertiary/aromatic N) is 1. The Morgan fingerprint density at radius 3 is 1.27 bits per heavy atom. The first-order valence-electron chi connectivity index (χ1n) is 26.2. The molecule has 0 saturated carbocycles. The minimum atomic E-state index is -0.725. The molecule has 0 aromatic rings. The maximum atomic E-state index is 13.1. The van der Waals surface area contributed by atoms with E-state index >= 15 is 0 Å². The van der Waals surface area contributed by atoms with Gasteiger partial charge >= 0.3 is 11.9 Å². The Morgan fingerprint density at radius 2 is 0.839 bits per heavy atom. The fourth-order valence-electron chi connectivity index (χ4n) is 8.01. The van der Waals surface area contributed by atoms with E-state index in [9.17, 15) is 19.2 Å². The zero-order valence-corrected chi connectivity index (χ0v) is 40.9. The molecule has 0 aliphatic heterocycles. The Kier molecular flexibility index (Phi) is 42.7. The highest BCUT2D eigenvalue weighted by Gasteiger charge is 2.22. The van der Waals surface area contributed by atoms with Gasteiger partial charge in [0.15, 0.2) is 5.96 Å². The van der Waals surface area contributed by atoms with Crippen molar-refractivity contribution in [2.75, 3.05) is 26.3 Å². The van der Waals surface area contributed by atoms with Gasteiger partial charge in [-0.05, 0) is 64.2 Å². The summed E-state index contributed by atoms with van der Waals surface area (Å²) in [6, 6.07) is -0.725. The summed E-state index contributed by atoms with van der Waals surface area (Å²) < 4.78 is 11.5. The summed E-state index contributed by atoms with van der Waals surface area (Å²) in [6.07, 6.45) is 36.3. The Labute approximate surface area is 381 Å². The monoisotopic (exact) mass is 878 g/mol. The van der Waals surface area contributed by atoms with Crippen molar-refractivity contribution < 1.29 is 28.7 Å². The van der Waals surface area contributed by atoms with Crippen LogP contribution >= 0.6 is 0 Å². The van der Waals surface area contributed by atoms with Gasteiger partial charge in [-0.25, -0.2) is 0 Å². The first-order chi connectivity index (χ1) is 30.2. The molecule has 62 heavy (non-hydrogen) atoms. The van der Waals surface area contributed by atoms with E-state index in [2.05, 4.69) is 43.3 Å². The van der Waals surface area contributed by atoms with Crippen molar-refractivity contribution >= 4 is 29.7 Å². The normalized spacial score (nSPS) is 12.6. The molecule has 0 aliphatic carbocycles. The molecule has 0 spiro atoms. The number of esters is 2. The van der Waals surface area contributed by atoms with Crippen LogP contribution in [0.2, 0.25) is 0 Å². The van der Waals surface area contributed by atoms with E-state index in [1.54, 1.807) is 0 Å². The summed E-state index contributed by atoms with van der Waals surface area (Å²) in [4.78, 5) is 55.9. The lowest BCUT2D eigenvalue weighted by Gasteiger charge is -2.18. The van der Waals surface area contributed by atoms with Crippen molar-refractivity contribution in [2.24, 2.45) is 28.3 Å². The fraction of sp³-hybridized carbons (Fsp3) is 0.902. The fourth-order valence-corrected chi connectivity index (χ4v) is 8.01. The first-order valence-corrected chi connectivity index (χ1v) is 26.2. The summed E-state index contributed by atoms with van der Waals surface area (Å²) in [5, 5.41) is 5.87. The molecule has 11 heteroatoms. The van der Waals surface area contributed by atoms with Gasteiger partial charge in [0.05, 0.1) is 25.0 Å². The van der Waals surface area contributed by atoms with E-state index in [1.807, 2.05) is 0 Å². The number of amides is 2. The molecule has 0 heterocycles. The van der Waals surface area contributed by atoms with Crippen LogP contribution in [-0.2, 0) is 28.7 Å². The topological polar surface area (TPSA) is 175 Å². The van der Waals surface area contributed by atoms with Crippen LogP contribution in [0, 0.1) is 11.8 Å². The van der Waals surface area contributed by atoms with Gasteiger partial charge in [-0.3, -0.25) is 24.2 Å². The van der Waals surface area contributed by atoms with Gasteiger partial charge < -0.3 is 31.6 Å². The Balaban J connectivity index is 4.48. The van der Waals surface area contributed by atoms with E-state index in [1.165, 1.54) is 96.3 Å². The summed E-state index contributed by atoms with van der Waals surface area (Å²) >= 11 is 0. The second-order valence-electron chi connectivity index (χ2n) is 18.0. The number of nitrogens with one attached hydrogen (secondary N) is 2. The Morgan fingerprint density at radius 1 is 0.468 bits per heavy atom. The number of hydrogen-bond donors (Lipinski definition) is 4. The average molecular weight is 878 g/mol. The van der Waals surface area contributed by atoms with Crippen LogP contribution in [-0.4, -0.2) is 62.1 Å². The number of nitrogens with two attached hydrogens (primary N) is 2. The molecule has 6 N–H and O–H groups in total. The van der Waals surface area contributed by atoms with Crippen molar-refractivity contribution in [3.05, 3.63) is 0 Å². The largest absolute Gasteiger partial charge is 0.465 e. The van der Waals surface area contributed by atoms with Crippen LogP contribution in [0.25, 0.3) is 0 Å². The van der Waals surface area contributed by atoms with E-state index in [4.69, 9.17) is 20.9 Å². The number of rotatable bonds is 46. The van der Waals surface area contributed by atoms with Crippen LogP contribution < -0.4 is 22.1 Å². The van der Waals surface area contributed by atoms with Gasteiger partial charge in [-0.1, -0.05) is 182 Å². The summed E-state index contributed by atoms with van der Waals surface area (Å²) in [6.45, 7) is 10.5. The predicted molar refractivity (Wildman–Crippen MR) is 259 cm³/mol. The second kappa shape index (κ2) is 44.7. The highest BCUT2D eigenvalue weighted by Crippen LogP contribution is 2.22. The minimum Gasteiger partial charge on any atom is -0.465 e. The predicted octanol–water partition coefficient (Wildman–Crippen LogP) is 11.9. The third-order valence-corrected chi connectivity index (χ3v) is 12.1. The molecule has 11 nitrogen and oxygen atoms in total. The van der Waals surface area contributed by atoms with Crippen LogP contribution in [0.3, 0.4) is 0 Å². The molecule has 0 aromatic heterocycles. The zero-order valence-electron chi connectivity index (χ0n) is 40.9. The number of guanidine groups is 1. The molecule has 2 unspecified atom stereocenters. The molecule has 364 valence electrons. The van der Waals surface area contributed by atoms with Gasteiger partial charge in [-0.2, -0.15) is 0 Å². The lowest BCUT2D eigenvalue weighted by Crippen LogP contribution is -2.47. The number of unbranched alkanes of at least 4 members (excludes halogenated alkanes) is 23. The smallest absolute Gasteiger partial charge is 0.308 e. The summed E-state index contributed by atoms with van der Waals surface area (Å²) in [5.41, 5.74) is 11.0. The summed E-state index contributed by atoms with van der Waals surface area (Å²) in [5.74, 6) is -0.500. The van der Waals surface area contributed by atoms with Crippen molar-refractivity contribution in [3.63, 3.8) is 0 Å². The van der Waals surface area contributed by atoms with E-state index in [-0.39, 0.29) is 54.5 Å². The first kappa shape index (κ1) is 59.1. The Hall–Kier alpha value is -2.85. The molecule has 0 aliphatic rings. The quantitative estimate of drug-likeness (QED) is 0.0202. The van der Waals surface area contributed by atoms with Crippen LogP contribution in [0.15, 0.2) is 4.99 Å². The van der Waals surface area contributed by atoms with Gasteiger partial charge in [0.25, 0.3) is 0 Å². The molecule has 0 aromatic carbocycles. The number of aliphatic imine (C=N–C) groups is 1. The third kappa shape index (κ3) is 37.7. The minimum absolute atomic E-state index is 0.00324. The lowest BCUT2D eigenvalue weighted by atomic mass is 9.94. The highest BCUT2D eigenvalue weighted by atomic mass is 16.5. The molecule has 3 atom stereocenters. The van der Waals surface area contributed by atoms with Crippen LogP contribution in [0.5, 0.6) is 0 Å². The van der Waals surface area contributed by atoms with Gasteiger partial charge in [0, 0.05) is 19.5 Å². The average Bonchev–Trinajstić information content (AvgIpc) is 3.25. The highest BCUT2D eigenvalue weighted by molar-refractivity contribution is 5.87. The maximum Gasteiger partial charge on any atom is 0.308 e. The van der Waals surface area contributed by atoms with Crippen LogP contribution in [0.4, 0.5) is 0 Å². The lowest BCUT2D eigenvalue weighted by molar-refractivity contribution is -0.150. The van der Waals surface area contributed by atoms with E-state index in [0.717, 1.165) is 103 Å². The number of ether oxygens (including phenoxy) is 2. The molecule has 2 amide bonds. The molecular formula is C51H99N5O6. The zero-order chi connectivity index (χ0) is 45.7. The van der Waals surface area contributed by atoms with Crippen molar-refractivity contribution in [1.82, 2.24) is 10.6 Å². The second-order valence-corrected chi connectivity index (χ2v) is 18.0. The van der Waals surface area contributed by atoms with Crippen LogP contribution in [0.1, 0.15) is 252 Å². The molecule has 0 fully saturated rings. The van der Waals surface area contributed by atoms with Gasteiger partial charge in [0.1, 0.15) is 6.04 Å². The molecular weight excluding hydrogens is 779 g/mol. The third-order valence-electron chi connectivity index (χ3n) is 12.1. The number of carbonyl (C=O) groups is 4. The molecule has 0 saturated heterocycles. The van der Waals surface area contributed by atoms with E-state index < -0.39 is 6.04 Å². The Bertz CT molecular complexity index is 1100. The van der Waals surface area contributed by atoms with Crippen molar-refractivity contribution in [2.45, 2.75) is 258 Å². The number of hydrogen-bond acceptors (Lipinski definition) is 7.